The summed E-state index contributed by atoms with van der Waals surface area (Å²) in [5.74, 6) is -1.69. The van der Waals surface area contributed by atoms with Gasteiger partial charge in [-0.15, -0.1) is 0 Å². The first-order valence-corrected chi connectivity index (χ1v) is 8.79. The van der Waals surface area contributed by atoms with Crippen LogP contribution in [-0.2, 0) is 14.3 Å². The summed E-state index contributed by atoms with van der Waals surface area (Å²) in [6.07, 6.45) is -0.278. The lowest BCUT2D eigenvalue weighted by molar-refractivity contribution is -0.138. The van der Waals surface area contributed by atoms with E-state index >= 15 is 0 Å². The number of carboxylic acids is 1. The lowest BCUT2D eigenvalue weighted by atomic mass is 10.0. The lowest BCUT2D eigenvalue weighted by Gasteiger charge is -2.06. The second-order valence-corrected chi connectivity index (χ2v) is 6.10. The van der Waals surface area contributed by atoms with Gasteiger partial charge in [0, 0.05) is 17.5 Å². The van der Waals surface area contributed by atoms with Crippen LogP contribution in [0.2, 0.25) is 0 Å². The van der Waals surface area contributed by atoms with Gasteiger partial charge >= 0.3 is 11.9 Å². The maximum absolute atomic E-state index is 11.8. The Morgan fingerprint density at radius 1 is 1.00 bits per heavy atom. The Bertz CT molecular complexity index is 1020. The van der Waals surface area contributed by atoms with Gasteiger partial charge < -0.3 is 19.6 Å². The van der Waals surface area contributed by atoms with Crippen molar-refractivity contribution in [2.45, 2.75) is 19.8 Å². The topological polar surface area (TPSA) is 106 Å². The Hall–Kier alpha value is -3.61. The minimum atomic E-state index is -1.01. The Balaban J connectivity index is 1.74. The summed E-state index contributed by atoms with van der Waals surface area (Å²) in [6.45, 7) is 2.01. The summed E-state index contributed by atoms with van der Waals surface area (Å²) < 4.78 is 10.5. The zero-order chi connectivity index (χ0) is 20.1. The third-order valence-corrected chi connectivity index (χ3v) is 4.06. The molecule has 0 bridgehead atoms. The van der Waals surface area contributed by atoms with E-state index in [1.54, 1.807) is 31.2 Å². The van der Waals surface area contributed by atoms with Gasteiger partial charge in [-0.3, -0.25) is 9.59 Å². The summed E-state index contributed by atoms with van der Waals surface area (Å²) >= 11 is 0. The molecule has 1 heterocycles. The molecular weight excluding hydrogens is 362 g/mol. The fourth-order valence-electron chi connectivity index (χ4n) is 2.72. The van der Waals surface area contributed by atoms with Crippen LogP contribution >= 0.6 is 0 Å². The highest BCUT2D eigenvalue weighted by Gasteiger charge is 2.13. The summed E-state index contributed by atoms with van der Waals surface area (Å²) in [4.78, 5) is 34.0. The van der Waals surface area contributed by atoms with Crippen molar-refractivity contribution in [1.29, 1.82) is 0 Å². The molecule has 0 saturated heterocycles. The van der Waals surface area contributed by atoms with Gasteiger partial charge in [0.25, 0.3) is 0 Å². The third kappa shape index (κ3) is 4.56. The summed E-state index contributed by atoms with van der Waals surface area (Å²) in [5.41, 5.74) is 3.03. The van der Waals surface area contributed by atoms with Crippen molar-refractivity contribution in [2.24, 2.45) is 0 Å². The number of rotatable bonds is 7. The maximum atomic E-state index is 11.8. The number of hydrogen-bond acceptors (Lipinski definition) is 5. The van der Waals surface area contributed by atoms with Crippen molar-refractivity contribution in [2.75, 3.05) is 11.9 Å². The number of aliphatic carboxylic acids is 1. The van der Waals surface area contributed by atoms with E-state index in [0.29, 0.717) is 11.3 Å². The lowest BCUT2D eigenvalue weighted by Crippen LogP contribution is -2.13. The molecule has 1 amide bonds. The maximum Gasteiger partial charge on any atom is 0.374 e. The number of carboxylic acid groups (broad SMARTS) is 1. The number of esters is 1. The van der Waals surface area contributed by atoms with E-state index in [2.05, 4.69) is 5.32 Å². The van der Waals surface area contributed by atoms with E-state index in [1.807, 2.05) is 24.3 Å². The minimum Gasteiger partial charge on any atom is -0.481 e. The number of benzene rings is 2. The van der Waals surface area contributed by atoms with Gasteiger partial charge in [0.05, 0.1) is 13.0 Å². The van der Waals surface area contributed by atoms with Crippen LogP contribution in [0.1, 0.15) is 30.3 Å². The van der Waals surface area contributed by atoms with Crippen molar-refractivity contribution < 1.29 is 28.6 Å². The monoisotopic (exact) mass is 381 g/mol. The molecule has 7 heteroatoms. The van der Waals surface area contributed by atoms with Crippen LogP contribution < -0.4 is 5.32 Å². The van der Waals surface area contributed by atoms with E-state index in [-0.39, 0.29) is 31.1 Å². The van der Waals surface area contributed by atoms with Crippen molar-refractivity contribution in [3.05, 3.63) is 54.3 Å². The normalized spacial score (nSPS) is 10.6. The fraction of sp³-hybridized carbons (Fsp3) is 0.190. The Kier molecular flexibility index (Phi) is 5.74. The molecule has 3 rings (SSSR count). The van der Waals surface area contributed by atoms with Gasteiger partial charge in [0.1, 0.15) is 5.58 Å². The number of nitrogens with one attached hydrogen (secondary N) is 1. The third-order valence-electron chi connectivity index (χ3n) is 4.06. The first-order valence-electron chi connectivity index (χ1n) is 8.79. The van der Waals surface area contributed by atoms with Crippen LogP contribution in [0.15, 0.2) is 52.9 Å². The second kappa shape index (κ2) is 8.39. The number of anilines is 1. The molecule has 0 saturated carbocycles. The summed E-state index contributed by atoms with van der Waals surface area (Å²) in [7, 11) is 0. The average Bonchev–Trinajstić information content (AvgIpc) is 3.11. The van der Waals surface area contributed by atoms with Crippen molar-refractivity contribution in [3.63, 3.8) is 0 Å². The van der Waals surface area contributed by atoms with Crippen LogP contribution in [0.25, 0.3) is 22.1 Å². The molecule has 0 atom stereocenters. The Morgan fingerprint density at radius 3 is 2.39 bits per heavy atom. The predicted octanol–water partition coefficient (Wildman–Crippen LogP) is 4.08. The zero-order valence-corrected chi connectivity index (χ0v) is 15.2. The molecule has 0 aliphatic rings. The molecular formula is C21H19NO6. The van der Waals surface area contributed by atoms with E-state index in [1.165, 1.54) is 0 Å². The highest BCUT2D eigenvalue weighted by Crippen LogP contribution is 2.28. The van der Waals surface area contributed by atoms with Gasteiger partial charge in [0.15, 0.2) is 0 Å². The highest BCUT2D eigenvalue weighted by molar-refractivity contribution is 5.94. The quantitative estimate of drug-likeness (QED) is 0.597. The highest BCUT2D eigenvalue weighted by atomic mass is 16.5. The molecule has 0 radical (unpaired) electrons. The van der Waals surface area contributed by atoms with Crippen molar-refractivity contribution in [3.8, 4) is 11.1 Å². The second-order valence-electron chi connectivity index (χ2n) is 6.10. The molecule has 0 spiro atoms. The molecule has 0 aliphatic heterocycles. The number of fused-ring (bicyclic) bond motifs is 1. The average molecular weight is 381 g/mol. The van der Waals surface area contributed by atoms with Crippen LogP contribution in [-0.4, -0.2) is 29.6 Å². The molecule has 0 aliphatic carbocycles. The van der Waals surface area contributed by atoms with Crippen LogP contribution in [0, 0.1) is 0 Å². The molecule has 2 aromatic carbocycles. The van der Waals surface area contributed by atoms with Gasteiger partial charge in [-0.05, 0) is 48.4 Å². The summed E-state index contributed by atoms with van der Waals surface area (Å²) in [5, 5.41) is 12.1. The Morgan fingerprint density at radius 2 is 1.71 bits per heavy atom. The number of furan rings is 1. The van der Waals surface area contributed by atoms with Gasteiger partial charge in [-0.1, -0.05) is 18.2 Å². The van der Waals surface area contributed by atoms with Crippen molar-refractivity contribution >= 4 is 34.5 Å². The largest absolute Gasteiger partial charge is 0.481 e. The molecule has 7 nitrogen and oxygen atoms in total. The fourth-order valence-corrected chi connectivity index (χ4v) is 2.72. The van der Waals surface area contributed by atoms with E-state index in [4.69, 9.17) is 14.3 Å². The van der Waals surface area contributed by atoms with Crippen LogP contribution in [0.5, 0.6) is 0 Å². The number of ether oxygens (including phenoxy) is 1. The SMILES string of the molecule is CCOC(=O)c1cc2cc(-c3ccc(NC(=O)CCC(=O)O)cc3)ccc2o1. The first kappa shape index (κ1) is 19.2. The van der Waals surface area contributed by atoms with Gasteiger partial charge in [-0.25, -0.2) is 4.79 Å². The minimum absolute atomic E-state index is 0.0724. The number of amides is 1. The predicted molar refractivity (Wildman–Crippen MR) is 103 cm³/mol. The van der Waals surface area contributed by atoms with E-state index in [9.17, 15) is 14.4 Å². The number of carbonyl (C=O) groups is 3. The molecule has 3 aromatic rings. The molecule has 1 aromatic heterocycles. The van der Waals surface area contributed by atoms with Gasteiger partial charge in [0.2, 0.25) is 11.7 Å². The Labute approximate surface area is 160 Å². The van der Waals surface area contributed by atoms with Crippen LogP contribution in [0.4, 0.5) is 5.69 Å². The van der Waals surface area contributed by atoms with Crippen molar-refractivity contribution in [1.82, 2.24) is 0 Å². The zero-order valence-electron chi connectivity index (χ0n) is 15.2. The number of carbonyl (C=O) groups excluding carboxylic acids is 2. The molecule has 0 fully saturated rings. The summed E-state index contributed by atoms with van der Waals surface area (Å²) in [6, 6.07) is 14.4. The molecule has 2 N–H and O–H groups in total. The van der Waals surface area contributed by atoms with Crippen LogP contribution in [0.3, 0.4) is 0 Å². The molecule has 144 valence electrons. The molecule has 28 heavy (non-hydrogen) atoms. The van der Waals surface area contributed by atoms with E-state index in [0.717, 1.165) is 16.5 Å². The molecule has 0 unspecified atom stereocenters. The smallest absolute Gasteiger partial charge is 0.374 e. The standard InChI is InChI=1S/C21H19NO6/c1-2-27-21(26)18-12-15-11-14(5-8-17(15)28-18)13-3-6-16(7-4-13)22-19(23)9-10-20(24)25/h3-8,11-12H,2,9-10H2,1H3,(H,22,23)(H,24,25). The van der Waals surface area contributed by atoms with Gasteiger partial charge in [-0.2, -0.15) is 0 Å². The number of hydrogen-bond donors (Lipinski definition) is 2. The first-order chi connectivity index (χ1) is 13.5. The van der Waals surface area contributed by atoms with E-state index < -0.39 is 11.9 Å².